The minimum absolute atomic E-state index is 0.0915. The minimum Gasteiger partial charge on any atom is -0.319 e. The molecule has 2 N–H and O–H groups in total. The lowest BCUT2D eigenvalue weighted by atomic mass is 10.3. The van der Waals surface area contributed by atoms with Gasteiger partial charge in [0.1, 0.15) is 5.69 Å². The number of rotatable bonds is 8. The number of sulfonamides is 1. The van der Waals surface area contributed by atoms with Crippen LogP contribution in [-0.4, -0.2) is 29.4 Å². The lowest BCUT2D eigenvalue weighted by molar-refractivity contribution is -0.113. The summed E-state index contributed by atoms with van der Waals surface area (Å²) in [5.74, 6) is -0.219. The van der Waals surface area contributed by atoms with Crippen molar-refractivity contribution in [3.05, 3.63) is 101 Å². The summed E-state index contributed by atoms with van der Waals surface area (Å²) in [6.07, 6.45) is 0. The molecule has 1 aromatic heterocycles. The molecule has 4 aromatic rings. The zero-order valence-electron chi connectivity index (χ0n) is 19.1. The van der Waals surface area contributed by atoms with E-state index in [1.165, 1.54) is 28.6 Å². The number of thioether (sulfide) groups is 1. The Morgan fingerprint density at radius 1 is 0.914 bits per heavy atom. The van der Waals surface area contributed by atoms with Crippen molar-refractivity contribution in [2.24, 2.45) is 7.05 Å². The molecule has 1 heterocycles. The lowest BCUT2D eigenvalue weighted by Crippen LogP contribution is -2.23. The summed E-state index contributed by atoms with van der Waals surface area (Å²) in [5.41, 5.74) is 1.72. The van der Waals surface area contributed by atoms with E-state index in [1.54, 1.807) is 61.1 Å². The number of carbonyl (C=O) groups is 1. The molecule has 10 heteroatoms. The maximum atomic E-state index is 12.9. The number of para-hydroxylation sites is 1. The third-order valence-corrected chi connectivity index (χ3v) is 7.76. The molecule has 0 aliphatic heterocycles. The van der Waals surface area contributed by atoms with E-state index < -0.39 is 10.0 Å². The van der Waals surface area contributed by atoms with Gasteiger partial charge in [-0.2, -0.15) is 0 Å². The molecule has 0 unspecified atom stereocenters. The van der Waals surface area contributed by atoms with E-state index >= 15 is 0 Å². The van der Waals surface area contributed by atoms with E-state index in [0.29, 0.717) is 17.1 Å². The maximum absolute atomic E-state index is 12.9. The van der Waals surface area contributed by atoms with E-state index in [1.807, 2.05) is 30.3 Å². The quantitative estimate of drug-likeness (QED) is 0.350. The van der Waals surface area contributed by atoms with Crippen molar-refractivity contribution in [1.29, 1.82) is 0 Å². The van der Waals surface area contributed by atoms with Gasteiger partial charge in [0.15, 0.2) is 0 Å². The standard InChI is InChI=1S/C25H24N4O4S2/c1-18-24(25(31)29(28(18)2)20-9-5-3-6-10-20)26-23(30)17-34-21-15-13-19(14-16-21)27-35(32,33)22-11-7-4-8-12-22/h3-16,27H,17H2,1-2H3,(H,26,30). The Kier molecular flexibility index (Phi) is 7.13. The molecular weight excluding hydrogens is 484 g/mol. The van der Waals surface area contributed by atoms with Gasteiger partial charge in [-0.25, -0.2) is 13.1 Å². The van der Waals surface area contributed by atoms with E-state index in [9.17, 15) is 18.0 Å². The monoisotopic (exact) mass is 508 g/mol. The van der Waals surface area contributed by atoms with Gasteiger partial charge in [-0.3, -0.25) is 19.0 Å². The normalized spacial score (nSPS) is 11.3. The molecule has 0 fully saturated rings. The molecule has 0 spiro atoms. The second kappa shape index (κ2) is 10.2. The number of nitrogens with zero attached hydrogens (tertiary/aromatic N) is 2. The number of amides is 1. The van der Waals surface area contributed by atoms with Gasteiger partial charge in [-0.1, -0.05) is 36.4 Å². The van der Waals surface area contributed by atoms with Gasteiger partial charge in [0.05, 0.1) is 22.0 Å². The van der Waals surface area contributed by atoms with Crippen LogP contribution in [0.5, 0.6) is 0 Å². The molecule has 0 atom stereocenters. The molecule has 0 saturated heterocycles. The Hall–Kier alpha value is -3.76. The summed E-state index contributed by atoms with van der Waals surface area (Å²) in [4.78, 5) is 26.5. The summed E-state index contributed by atoms with van der Waals surface area (Å²) in [7, 11) is -1.91. The number of aromatic nitrogens is 2. The van der Waals surface area contributed by atoms with Crippen LogP contribution in [-0.2, 0) is 21.9 Å². The van der Waals surface area contributed by atoms with Crippen molar-refractivity contribution in [3.8, 4) is 5.69 Å². The molecule has 3 aromatic carbocycles. The molecule has 8 nitrogen and oxygen atoms in total. The van der Waals surface area contributed by atoms with Gasteiger partial charge in [-0.15, -0.1) is 11.8 Å². The molecule has 35 heavy (non-hydrogen) atoms. The van der Waals surface area contributed by atoms with E-state index in [0.717, 1.165) is 4.90 Å². The highest BCUT2D eigenvalue weighted by atomic mass is 32.2. The average Bonchev–Trinajstić information content (AvgIpc) is 3.07. The van der Waals surface area contributed by atoms with Gasteiger partial charge in [-0.05, 0) is 55.5 Å². The van der Waals surface area contributed by atoms with Gasteiger partial charge in [0, 0.05) is 17.6 Å². The Labute approximate surface area is 207 Å². The van der Waals surface area contributed by atoms with Crippen LogP contribution in [0.4, 0.5) is 11.4 Å². The Morgan fingerprint density at radius 2 is 1.51 bits per heavy atom. The summed E-state index contributed by atoms with van der Waals surface area (Å²) >= 11 is 1.29. The molecule has 0 aliphatic carbocycles. The SMILES string of the molecule is Cc1c(NC(=O)CSc2ccc(NS(=O)(=O)c3ccccc3)cc2)c(=O)n(-c2ccccc2)n1C. The van der Waals surface area contributed by atoms with Crippen molar-refractivity contribution in [2.75, 3.05) is 15.8 Å². The largest absolute Gasteiger partial charge is 0.319 e. The fourth-order valence-corrected chi connectivity index (χ4v) is 5.25. The molecule has 0 bridgehead atoms. The van der Waals surface area contributed by atoms with Crippen molar-refractivity contribution in [3.63, 3.8) is 0 Å². The Bertz CT molecular complexity index is 1500. The predicted octanol–water partition coefficient (Wildman–Crippen LogP) is 4.02. The topological polar surface area (TPSA) is 102 Å². The Morgan fingerprint density at radius 3 is 2.14 bits per heavy atom. The number of anilines is 2. The van der Waals surface area contributed by atoms with Crippen LogP contribution < -0.4 is 15.6 Å². The highest BCUT2D eigenvalue weighted by Crippen LogP contribution is 2.23. The van der Waals surface area contributed by atoms with Crippen molar-refractivity contribution >= 4 is 39.1 Å². The highest BCUT2D eigenvalue weighted by Gasteiger charge is 2.18. The minimum atomic E-state index is -3.67. The highest BCUT2D eigenvalue weighted by molar-refractivity contribution is 8.00. The summed E-state index contributed by atoms with van der Waals surface area (Å²) in [6.45, 7) is 1.78. The van der Waals surface area contributed by atoms with E-state index in [-0.39, 0.29) is 27.8 Å². The smallest absolute Gasteiger partial charge is 0.295 e. The van der Waals surface area contributed by atoms with Gasteiger partial charge < -0.3 is 5.32 Å². The summed E-state index contributed by atoms with van der Waals surface area (Å²) in [5, 5.41) is 2.73. The van der Waals surface area contributed by atoms with Gasteiger partial charge in [0.25, 0.3) is 15.6 Å². The van der Waals surface area contributed by atoms with Gasteiger partial charge >= 0.3 is 0 Å². The van der Waals surface area contributed by atoms with Crippen molar-refractivity contribution in [2.45, 2.75) is 16.7 Å². The zero-order valence-corrected chi connectivity index (χ0v) is 20.8. The van der Waals surface area contributed by atoms with Crippen LogP contribution in [0.2, 0.25) is 0 Å². The first-order valence-corrected chi connectivity index (χ1v) is 13.2. The first kappa shape index (κ1) is 24.4. The molecule has 0 aliphatic rings. The first-order chi connectivity index (χ1) is 16.8. The number of carbonyl (C=O) groups excluding carboxylic acids is 1. The van der Waals surface area contributed by atoms with Crippen LogP contribution in [0.1, 0.15) is 5.69 Å². The molecular formula is C25H24N4O4S2. The molecule has 180 valence electrons. The van der Waals surface area contributed by atoms with Crippen LogP contribution >= 0.6 is 11.8 Å². The Balaban J connectivity index is 1.39. The summed E-state index contributed by atoms with van der Waals surface area (Å²) in [6, 6.07) is 24.1. The second-order valence-electron chi connectivity index (χ2n) is 7.72. The molecule has 1 amide bonds. The molecule has 0 saturated carbocycles. The summed E-state index contributed by atoms with van der Waals surface area (Å²) < 4.78 is 30.6. The fourth-order valence-electron chi connectivity index (χ4n) is 3.47. The average molecular weight is 509 g/mol. The zero-order chi connectivity index (χ0) is 25.0. The number of nitrogens with one attached hydrogen (secondary N) is 2. The predicted molar refractivity (Wildman–Crippen MR) is 139 cm³/mol. The maximum Gasteiger partial charge on any atom is 0.295 e. The number of hydrogen-bond donors (Lipinski definition) is 2. The van der Waals surface area contributed by atoms with Crippen LogP contribution in [0, 0.1) is 6.92 Å². The molecule has 0 radical (unpaired) electrons. The number of benzene rings is 3. The third kappa shape index (κ3) is 5.50. The van der Waals surface area contributed by atoms with E-state index in [2.05, 4.69) is 10.0 Å². The van der Waals surface area contributed by atoms with Gasteiger partial charge in [0.2, 0.25) is 5.91 Å². The lowest BCUT2D eigenvalue weighted by Gasteiger charge is -2.09. The van der Waals surface area contributed by atoms with Crippen LogP contribution in [0.3, 0.4) is 0 Å². The van der Waals surface area contributed by atoms with Crippen molar-refractivity contribution < 1.29 is 13.2 Å². The van der Waals surface area contributed by atoms with Crippen LogP contribution in [0.15, 0.2) is 99.5 Å². The molecule has 4 rings (SSSR count). The third-order valence-electron chi connectivity index (χ3n) is 5.35. The van der Waals surface area contributed by atoms with E-state index in [4.69, 9.17) is 0 Å². The number of hydrogen-bond acceptors (Lipinski definition) is 5. The fraction of sp³-hybridized carbons (Fsp3) is 0.120. The second-order valence-corrected chi connectivity index (χ2v) is 10.4. The van der Waals surface area contributed by atoms with Crippen LogP contribution in [0.25, 0.3) is 5.69 Å². The van der Waals surface area contributed by atoms with Crippen molar-refractivity contribution in [1.82, 2.24) is 9.36 Å². The first-order valence-electron chi connectivity index (χ1n) is 10.7.